The SMILES string of the molecule is CCC(CC)C(=O)NC(C)c1ccc(Br)cc1. The van der Waals surface area contributed by atoms with Crippen LogP contribution in [0.4, 0.5) is 0 Å². The average Bonchev–Trinajstić information content (AvgIpc) is 2.31. The summed E-state index contributed by atoms with van der Waals surface area (Å²) in [5.74, 6) is 0.290. The van der Waals surface area contributed by atoms with E-state index in [1.807, 2.05) is 31.2 Å². The third-order valence-corrected chi connectivity index (χ3v) is 3.61. The molecule has 0 fully saturated rings. The van der Waals surface area contributed by atoms with Gasteiger partial charge in [-0.25, -0.2) is 0 Å². The standard InChI is InChI=1S/C14H20BrNO/c1-4-11(5-2)14(17)16-10(3)12-6-8-13(15)9-7-12/h6-11H,4-5H2,1-3H3,(H,16,17). The number of amides is 1. The normalized spacial score (nSPS) is 12.5. The molecule has 1 N–H and O–H groups in total. The summed E-state index contributed by atoms with van der Waals surface area (Å²) in [6.07, 6.45) is 1.80. The van der Waals surface area contributed by atoms with Crippen LogP contribution in [0.3, 0.4) is 0 Å². The van der Waals surface area contributed by atoms with E-state index in [-0.39, 0.29) is 17.9 Å². The quantitative estimate of drug-likeness (QED) is 0.872. The van der Waals surface area contributed by atoms with Gasteiger partial charge in [0.05, 0.1) is 6.04 Å². The smallest absolute Gasteiger partial charge is 0.223 e. The summed E-state index contributed by atoms with van der Waals surface area (Å²) >= 11 is 3.40. The lowest BCUT2D eigenvalue weighted by molar-refractivity contribution is -0.125. The molecule has 1 aromatic rings. The van der Waals surface area contributed by atoms with E-state index in [0.29, 0.717) is 0 Å². The highest BCUT2D eigenvalue weighted by Crippen LogP contribution is 2.17. The second-order valence-electron chi connectivity index (χ2n) is 4.30. The van der Waals surface area contributed by atoms with Crippen LogP contribution in [0.1, 0.15) is 45.2 Å². The van der Waals surface area contributed by atoms with E-state index in [4.69, 9.17) is 0 Å². The van der Waals surface area contributed by atoms with Crippen LogP contribution in [0, 0.1) is 5.92 Å². The zero-order valence-corrected chi connectivity index (χ0v) is 12.3. The minimum atomic E-state index is 0.0659. The summed E-state index contributed by atoms with van der Waals surface area (Å²) in [6, 6.07) is 8.12. The molecule has 0 radical (unpaired) electrons. The number of halogens is 1. The van der Waals surface area contributed by atoms with Gasteiger partial charge in [-0.15, -0.1) is 0 Å². The molecule has 0 aliphatic heterocycles. The van der Waals surface area contributed by atoms with E-state index < -0.39 is 0 Å². The zero-order valence-electron chi connectivity index (χ0n) is 10.7. The topological polar surface area (TPSA) is 29.1 Å². The summed E-state index contributed by atoms with van der Waals surface area (Å²) in [7, 11) is 0. The van der Waals surface area contributed by atoms with Crippen molar-refractivity contribution in [2.45, 2.75) is 39.7 Å². The van der Waals surface area contributed by atoms with Crippen molar-refractivity contribution in [2.75, 3.05) is 0 Å². The maximum absolute atomic E-state index is 11.9. The molecular formula is C14H20BrNO. The molecule has 94 valence electrons. The van der Waals surface area contributed by atoms with Gasteiger partial charge < -0.3 is 5.32 Å². The minimum Gasteiger partial charge on any atom is -0.349 e. The maximum Gasteiger partial charge on any atom is 0.223 e. The van der Waals surface area contributed by atoms with Gasteiger partial charge >= 0.3 is 0 Å². The first-order valence-electron chi connectivity index (χ1n) is 6.14. The third kappa shape index (κ3) is 4.15. The van der Waals surface area contributed by atoms with Crippen LogP contribution in [0.5, 0.6) is 0 Å². The van der Waals surface area contributed by atoms with Crippen LogP contribution in [-0.4, -0.2) is 5.91 Å². The fourth-order valence-electron chi connectivity index (χ4n) is 1.83. The van der Waals surface area contributed by atoms with E-state index in [1.165, 1.54) is 0 Å². The number of hydrogen-bond acceptors (Lipinski definition) is 1. The molecule has 3 heteroatoms. The number of hydrogen-bond donors (Lipinski definition) is 1. The summed E-state index contributed by atoms with van der Waals surface area (Å²) in [6.45, 7) is 6.12. The molecule has 0 saturated heterocycles. The molecule has 1 atom stereocenters. The van der Waals surface area contributed by atoms with Crippen LogP contribution in [0.2, 0.25) is 0 Å². The summed E-state index contributed by atoms with van der Waals surface area (Å²) in [5.41, 5.74) is 1.13. The van der Waals surface area contributed by atoms with Crippen LogP contribution in [-0.2, 0) is 4.79 Å². The van der Waals surface area contributed by atoms with Gasteiger partial charge in [-0.3, -0.25) is 4.79 Å². The van der Waals surface area contributed by atoms with E-state index in [9.17, 15) is 4.79 Å². The Morgan fingerprint density at radius 2 is 1.76 bits per heavy atom. The van der Waals surface area contributed by atoms with E-state index in [0.717, 1.165) is 22.9 Å². The van der Waals surface area contributed by atoms with Crippen LogP contribution < -0.4 is 5.32 Å². The molecular weight excluding hydrogens is 278 g/mol. The van der Waals surface area contributed by atoms with E-state index in [2.05, 4.69) is 35.1 Å². The van der Waals surface area contributed by atoms with E-state index in [1.54, 1.807) is 0 Å². The first-order valence-corrected chi connectivity index (χ1v) is 6.93. The molecule has 1 amide bonds. The molecule has 0 bridgehead atoms. The molecule has 17 heavy (non-hydrogen) atoms. The van der Waals surface area contributed by atoms with Gasteiger partial charge in [0.25, 0.3) is 0 Å². The number of benzene rings is 1. The van der Waals surface area contributed by atoms with Crippen molar-refractivity contribution in [3.63, 3.8) is 0 Å². The van der Waals surface area contributed by atoms with Crippen molar-refractivity contribution in [3.8, 4) is 0 Å². The number of carbonyl (C=O) groups is 1. The monoisotopic (exact) mass is 297 g/mol. The van der Waals surface area contributed by atoms with Gasteiger partial charge in [-0.1, -0.05) is 41.9 Å². The Hall–Kier alpha value is -0.830. The highest BCUT2D eigenvalue weighted by Gasteiger charge is 2.16. The van der Waals surface area contributed by atoms with Gasteiger partial charge in [0.2, 0.25) is 5.91 Å². The molecule has 0 heterocycles. The number of nitrogens with one attached hydrogen (secondary N) is 1. The van der Waals surface area contributed by atoms with Crippen molar-refractivity contribution in [3.05, 3.63) is 34.3 Å². The second kappa shape index (κ2) is 6.80. The molecule has 0 aromatic heterocycles. The molecule has 1 unspecified atom stereocenters. The van der Waals surface area contributed by atoms with Crippen molar-refractivity contribution in [1.82, 2.24) is 5.32 Å². The Bertz CT molecular complexity index is 357. The minimum absolute atomic E-state index is 0.0659. The van der Waals surface area contributed by atoms with Gasteiger partial charge in [0, 0.05) is 10.4 Å². The fraction of sp³-hybridized carbons (Fsp3) is 0.500. The Morgan fingerprint density at radius 3 is 2.24 bits per heavy atom. The summed E-state index contributed by atoms with van der Waals surface area (Å²) in [4.78, 5) is 11.9. The highest BCUT2D eigenvalue weighted by molar-refractivity contribution is 9.10. The Morgan fingerprint density at radius 1 is 1.24 bits per heavy atom. The molecule has 1 aromatic carbocycles. The molecule has 1 rings (SSSR count). The van der Waals surface area contributed by atoms with Crippen molar-refractivity contribution >= 4 is 21.8 Å². The van der Waals surface area contributed by atoms with Gasteiger partial charge in [-0.2, -0.15) is 0 Å². The predicted molar refractivity (Wildman–Crippen MR) is 74.8 cm³/mol. The summed E-state index contributed by atoms with van der Waals surface area (Å²) in [5, 5.41) is 3.06. The van der Waals surface area contributed by atoms with Crippen LogP contribution in [0.15, 0.2) is 28.7 Å². The van der Waals surface area contributed by atoms with Crippen molar-refractivity contribution < 1.29 is 4.79 Å². The largest absolute Gasteiger partial charge is 0.349 e. The zero-order chi connectivity index (χ0) is 12.8. The molecule has 0 saturated carbocycles. The predicted octanol–water partition coefficient (Wildman–Crippen LogP) is 4.06. The van der Waals surface area contributed by atoms with Crippen LogP contribution >= 0.6 is 15.9 Å². The second-order valence-corrected chi connectivity index (χ2v) is 5.21. The van der Waals surface area contributed by atoms with Gasteiger partial charge in [-0.05, 0) is 37.5 Å². The molecule has 0 aliphatic rings. The van der Waals surface area contributed by atoms with Crippen LogP contribution in [0.25, 0.3) is 0 Å². The average molecular weight is 298 g/mol. The lowest BCUT2D eigenvalue weighted by atomic mass is 10.0. The Labute approximate surface area is 112 Å². The lowest BCUT2D eigenvalue weighted by Crippen LogP contribution is -2.32. The summed E-state index contributed by atoms with van der Waals surface area (Å²) < 4.78 is 1.06. The Balaban J connectivity index is 2.62. The first-order chi connectivity index (χ1) is 8.08. The number of rotatable bonds is 5. The molecule has 2 nitrogen and oxygen atoms in total. The highest BCUT2D eigenvalue weighted by atomic mass is 79.9. The lowest BCUT2D eigenvalue weighted by Gasteiger charge is -2.18. The van der Waals surface area contributed by atoms with Crippen molar-refractivity contribution in [1.29, 1.82) is 0 Å². The maximum atomic E-state index is 11.9. The van der Waals surface area contributed by atoms with E-state index >= 15 is 0 Å². The van der Waals surface area contributed by atoms with Gasteiger partial charge in [0.15, 0.2) is 0 Å². The molecule has 0 spiro atoms. The number of carbonyl (C=O) groups excluding carboxylic acids is 1. The van der Waals surface area contributed by atoms with Gasteiger partial charge in [0.1, 0.15) is 0 Å². The fourth-order valence-corrected chi connectivity index (χ4v) is 2.09. The molecule has 0 aliphatic carbocycles. The van der Waals surface area contributed by atoms with Crippen molar-refractivity contribution in [2.24, 2.45) is 5.92 Å². The third-order valence-electron chi connectivity index (χ3n) is 3.09. The first kappa shape index (κ1) is 14.2. The Kier molecular flexibility index (Phi) is 5.69.